The van der Waals surface area contributed by atoms with Crippen LogP contribution in [0, 0.1) is 6.92 Å². The minimum absolute atomic E-state index is 0.736. The molecule has 0 aliphatic rings. The maximum atomic E-state index is 6.01. The lowest BCUT2D eigenvalue weighted by molar-refractivity contribution is 1.30. The molecule has 3 aromatic rings. The predicted octanol–water partition coefficient (Wildman–Crippen LogP) is 3.63. The lowest BCUT2D eigenvalue weighted by Crippen LogP contribution is -1.92. The molecule has 0 amide bonds. The van der Waals surface area contributed by atoms with Crippen LogP contribution in [0.2, 0.25) is 0 Å². The van der Waals surface area contributed by atoms with Crippen LogP contribution < -0.4 is 5.73 Å². The molecule has 19 heavy (non-hydrogen) atoms. The molecule has 3 heteroatoms. The van der Waals surface area contributed by atoms with E-state index in [4.69, 9.17) is 5.73 Å². The molecule has 3 rings (SSSR count). The van der Waals surface area contributed by atoms with Crippen molar-refractivity contribution >= 4 is 5.69 Å². The number of nitrogens with two attached hydrogens (primary N) is 1. The number of aromatic amines is 1. The monoisotopic (exact) mass is 249 g/mol. The Balaban J connectivity index is 2.04. The average Bonchev–Trinajstić information content (AvgIpc) is 2.92. The summed E-state index contributed by atoms with van der Waals surface area (Å²) >= 11 is 0. The van der Waals surface area contributed by atoms with Gasteiger partial charge in [0.05, 0.1) is 11.9 Å². The summed E-state index contributed by atoms with van der Waals surface area (Å²) in [7, 11) is 0. The smallest absolute Gasteiger partial charge is 0.139 e. The van der Waals surface area contributed by atoms with Gasteiger partial charge in [-0.2, -0.15) is 0 Å². The fourth-order valence-corrected chi connectivity index (χ4v) is 2.10. The minimum Gasteiger partial charge on any atom is -0.398 e. The van der Waals surface area contributed by atoms with E-state index in [0.29, 0.717) is 0 Å². The second-order valence-corrected chi connectivity index (χ2v) is 4.60. The number of aromatic nitrogens is 2. The molecule has 0 atom stereocenters. The van der Waals surface area contributed by atoms with Gasteiger partial charge in [0.2, 0.25) is 0 Å². The van der Waals surface area contributed by atoms with E-state index in [1.165, 1.54) is 5.56 Å². The molecular formula is C16H15N3. The fraction of sp³-hybridized carbons (Fsp3) is 0.0625. The number of nitrogens with one attached hydrogen (secondary N) is 1. The highest BCUT2D eigenvalue weighted by molar-refractivity contribution is 5.74. The van der Waals surface area contributed by atoms with Crippen LogP contribution in [0.5, 0.6) is 0 Å². The number of benzene rings is 2. The van der Waals surface area contributed by atoms with E-state index in [0.717, 1.165) is 28.3 Å². The molecule has 0 unspecified atom stereocenters. The topological polar surface area (TPSA) is 54.7 Å². The maximum absolute atomic E-state index is 6.01. The Kier molecular flexibility index (Phi) is 2.80. The first kappa shape index (κ1) is 11.5. The van der Waals surface area contributed by atoms with Crippen molar-refractivity contribution in [1.82, 2.24) is 9.97 Å². The summed E-state index contributed by atoms with van der Waals surface area (Å²) in [6.07, 6.45) is 1.84. The van der Waals surface area contributed by atoms with Crippen molar-refractivity contribution in [2.75, 3.05) is 5.73 Å². The third kappa shape index (κ3) is 2.22. The Morgan fingerprint density at radius 2 is 1.84 bits per heavy atom. The van der Waals surface area contributed by atoms with Crippen molar-refractivity contribution in [3.63, 3.8) is 0 Å². The number of rotatable bonds is 2. The van der Waals surface area contributed by atoms with Crippen LogP contribution in [-0.4, -0.2) is 9.97 Å². The Bertz CT molecular complexity index is 699. The highest BCUT2D eigenvalue weighted by atomic mass is 14.9. The van der Waals surface area contributed by atoms with Gasteiger partial charge < -0.3 is 10.7 Å². The van der Waals surface area contributed by atoms with Crippen molar-refractivity contribution < 1.29 is 0 Å². The van der Waals surface area contributed by atoms with E-state index in [-0.39, 0.29) is 0 Å². The summed E-state index contributed by atoms with van der Waals surface area (Å²) in [5, 5.41) is 0. The first-order chi connectivity index (χ1) is 9.24. The summed E-state index contributed by atoms with van der Waals surface area (Å²) in [5.41, 5.74) is 11.0. The highest BCUT2D eigenvalue weighted by Gasteiger charge is 2.08. The number of H-pyrrole nitrogens is 1. The second kappa shape index (κ2) is 4.61. The summed E-state index contributed by atoms with van der Waals surface area (Å²) in [6, 6.07) is 16.1. The summed E-state index contributed by atoms with van der Waals surface area (Å²) in [6.45, 7) is 2.05. The minimum atomic E-state index is 0.736. The van der Waals surface area contributed by atoms with Gasteiger partial charge in [0.15, 0.2) is 0 Å². The van der Waals surface area contributed by atoms with Crippen molar-refractivity contribution in [3.8, 4) is 22.6 Å². The first-order valence-corrected chi connectivity index (χ1v) is 6.21. The molecule has 0 fully saturated rings. The largest absolute Gasteiger partial charge is 0.398 e. The van der Waals surface area contributed by atoms with Crippen molar-refractivity contribution in [3.05, 3.63) is 60.3 Å². The van der Waals surface area contributed by atoms with Gasteiger partial charge >= 0.3 is 0 Å². The van der Waals surface area contributed by atoms with E-state index in [9.17, 15) is 0 Å². The normalized spacial score (nSPS) is 10.6. The lowest BCUT2D eigenvalue weighted by atomic mass is 10.1. The number of anilines is 1. The maximum Gasteiger partial charge on any atom is 0.139 e. The molecule has 0 aliphatic carbocycles. The number of hydrogen-bond acceptors (Lipinski definition) is 2. The van der Waals surface area contributed by atoms with E-state index >= 15 is 0 Å². The standard InChI is InChI=1S/C16H15N3/c1-11-7-8-14(17)13(9-11)16-18-10-15(19-16)12-5-3-2-4-6-12/h2-10H,17H2,1H3,(H,18,19). The van der Waals surface area contributed by atoms with E-state index < -0.39 is 0 Å². The van der Waals surface area contributed by atoms with Gasteiger partial charge in [-0.05, 0) is 24.6 Å². The van der Waals surface area contributed by atoms with Crippen LogP contribution in [-0.2, 0) is 0 Å². The quantitative estimate of drug-likeness (QED) is 0.681. The molecule has 0 bridgehead atoms. The van der Waals surface area contributed by atoms with Crippen molar-refractivity contribution in [2.45, 2.75) is 6.92 Å². The van der Waals surface area contributed by atoms with Gasteiger partial charge in [0.25, 0.3) is 0 Å². The Hall–Kier alpha value is -2.55. The van der Waals surface area contributed by atoms with Gasteiger partial charge in [-0.25, -0.2) is 4.98 Å². The molecule has 0 saturated heterocycles. The number of nitrogen functional groups attached to an aromatic ring is 1. The Morgan fingerprint density at radius 1 is 1.05 bits per heavy atom. The molecule has 1 aromatic heterocycles. The predicted molar refractivity (Wildman–Crippen MR) is 78.6 cm³/mol. The third-order valence-electron chi connectivity index (χ3n) is 3.12. The lowest BCUT2D eigenvalue weighted by Gasteiger charge is -2.03. The van der Waals surface area contributed by atoms with Crippen LogP contribution in [0.25, 0.3) is 22.6 Å². The Labute approximate surface area is 112 Å². The van der Waals surface area contributed by atoms with Gasteiger partial charge in [-0.15, -0.1) is 0 Å². The SMILES string of the molecule is Cc1ccc(N)c(-c2ncc(-c3ccccc3)[nH]2)c1. The van der Waals surface area contributed by atoms with E-state index in [1.807, 2.05) is 49.5 Å². The molecule has 2 aromatic carbocycles. The van der Waals surface area contributed by atoms with E-state index in [1.54, 1.807) is 0 Å². The molecule has 3 nitrogen and oxygen atoms in total. The molecule has 0 radical (unpaired) electrons. The molecule has 0 spiro atoms. The van der Waals surface area contributed by atoms with Crippen LogP contribution in [0.3, 0.4) is 0 Å². The molecule has 3 N–H and O–H groups in total. The van der Waals surface area contributed by atoms with Crippen molar-refractivity contribution in [2.24, 2.45) is 0 Å². The van der Waals surface area contributed by atoms with Gasteiger partial charge in [-0.1, -0.05) is 42.0 Å². The fourth-order valence-electron chi connectivity index (χ4n) is 2.10. The molecule has 94 valence electrons. The number of imidazole rings is 1. The highest BCUT2D eigenvalue weighted by Crippen LogP contribution is 2.26. The summed E-state index contributed by atoms with van der Waals surface area (Å²) < 4.78 is 0. The zero-order chi connectivity index (χ0) is 13.2. The first-order valence-electron chi connectivity index (χ1n) is 6.21. The van der Waals surface area contributed by atoms with E-state index in [2.05, 4.69) is 22.1 Å². The molecule has 0 saturated carbocycles. The van der Waals surface area contributed by atoms with Crippen LogP contribution in [0.4, 0.5) is 5.69 Å². The van der Waals surface area contributed by atoms with Crippen molar-refractivity contribution in [1.29, 1.82) is 0 Å². The number of hydrogen-bond donors (Lipinski definition) is 2. The average molecular weight is 249 g/mol. The van der Waals surface area contributed by atoms with Crippen LogP contribution >= 0.6 is 0 Å². The number of nitrogens with zero attached hydrogens (tertiary/aromatic N) is 1. The van der Waals surface area contributed by atoms with Gasteiger partial charge in [-0.3, -0.25) is 0 Å². The second-order valence-electron chi connectivity index (χ2n) is 4.60. The van der Waals surface area contributed by atoms with Gasteiger partial charge in [0, 0.05) is 11.3 Å². The van der Waals surface area contributed by atoms with Gasteiger partial charge in [0.1, 0.15) is 5.82 Å². The molecular weight excluding hydrogens is 234 g/mol. The van der Waals surface area contributed by atoms with Crippen LogP contribution in [0.15, 0.2) is 54.7 Å². The number of aryl methyl sites for hydroxylation is 1. The zero-order valence-corrected chi connectivity index (χ0v) is 10.7. The van der Waals surface area contributed by atoms with Crippen LogP contribution in [0.1, 0.15) is 5.56 Å². The molecule has 0 aliphatic heterocycles. The zero-order valence-electron chi connectivity index (χ0n) is 10.7. The Morgan fingerprint density at radius 3 is 2.63 bits per heavy atom. The summed E-state index contributed by atoms with van der Waals surface area (Å²) in [4.78, 5) is 7.75. The third-order valence-corrected chi connectivity index (χ3v) is 3.12. The molecule has 1 heterocycles. The summed E-state index contributed by atoms with van der Waals surface area (Å²) in [5.74, 6) is 0.806.